The number of carbonyl (C=O) groups is 1. The zero-order valence-corrected chi connectivity index (χ0v) is 16.6. The van der Waals surface area contributed by atoms with Gasteiger partial charge in [-0.25, -0.2) is 4.39 Å². The lowest BCUT2D eigenvalue weighted by atomic mass is 9.90. The average molecular weight is 399 g/mol. The summed E-state index contributed by atoms with van der Waals surface area (Å²) in [4.78, 5) is 12.1. The van der Waals surface area contributed by atoms with Crippen molar-refractivity contribution in [2.24, 2.45) is 5.73 Å². The Balaban J connectivity index is 1.76. The first-order valence-corrected chi connectivity index (χ1v) is 10.5. The second kappa shape index (κ2) is 7.93. The minimum atomic E-state index is -0.532. The number of H-pyrrole nitrogens is 1. The molecule has 5 nitrogen and oxygen atoms in total. The van der Waals surface area contributed by atoms with Gasteiger partial charge in [0.05, 0.1) is 5.56 Å². The van der Waals surface area contributed by atoms with Gasteiger partial charge >= 0.3 is 0 Å². The van der Waals surface area contributed by atoms with E-state index in [-0.39, 0.29) is 5.82 Å². The first-order chi connectivity index (χ1) is 13.6. The maximum atomic E-state index is 13.7. The second-order valence-electron chi connectivity index (χ2n) is 7.05. The van der Waals surface area contributed by atoms with Crippen LogP contribution in [0.1, 0.15) is 41.7 Å². The summed E-state index contributed by atoms with van der Waals surface area (Å²) < 4.78 is 16.1. The molecule has 1 aliphatic heterocycles. The second-order valence-corrected chi connectivity index (χ2v) is 8.40. The Hall–Kier alpha value is -2.38. The lowest BCUT2D eigenvalue weighted by molar-refractivity contribution is 0.100. The number of hydrogen-bond acceptors (Lipinski definition) is 4. The summed E-state index contributed by atoms with van der Waals surface area (Å²) in [6.45, 7) is 4.21. The fourth-order valence-corrected chi connectivity index (χ4v) is 4.76. The van der Waals surface area contributed by atoms with Gasteiger partial charge in [-0.3, -0.25) is 14.2 Å². The van der Waals surface area contributed by atoms with E-state index in [0.717, 1.165) is 48.3 Å². The maximum Gasteiger partial charge on any atom is 0.251 e. The first-order valence-electron chi connectivity index (χ1n) is 9.52. The van der Waals surface area contributed by atoms with Gasteiger partial charge in [0.2, 0.25) is 0 Å². The first kappa shape index (κ1) is 19.0. The molecule has 0 spiro atoms. The minimum absolute atomic E-state index is 0.313. The van der Waals surface area contributed by atoms with Gasteiger partial charge in [0.15, 0.2) is 0 Å². The molecule has 3 aromatic rings. The van der Waals surface area contributed by atoms with Gasteiger partial charge in [-0.15, -0.1) is 0 Å². The Morgan fingerprint density at radius 1 is 1.29 bits per heavy atom. The van der Waals surface area contributed by atoms with Crippen LogP contribution >= 0.6 is 11.9 Å². The lowest BCUT2D eigenvalue weighted by Gasteiger charge is -2.30. The zero-order chi connectivity index (χ0) is 19.7. The highest BCUT2D eigenvalue weighted by Crippen LogP contribution is 2.36. The number of amides is 1. The summed E-state index contributed by atoms with van der Waals surface area (Å²) in [5.41, 5.74) is 9.09. The molecule has 1 amide bonds. The molecule has 4 rings (SSSR count). The van der Waals surface area contributed by atoms with Crippen LogP contribution in [0.25, 0.3) is 22.0 Å². The summed E-state index contributed by atoms with van der Waals surface area (Å²) in [6.07, 6.45) is 2.06. The smallest absolute Gasteiger partial charge is 0.251 e. The van der Waals surface area contributed by atoms with Crippen molar-refractivity contribution in [3.8, 4) is 11.1 Å². The molecule has 28 heavy (non-hydrogen) atoms. The van der Waals surface area contributed by atoms with Crippen molar-refractivity contribution in [1.29, 1.82) is 0 Å². The predicted molar refractivity (Wildman–Crippen MR) is 112 cm³/mol. The SMILES string of the molecule is CCSN1CCC(c2[nH]nc3c(C(N)=O)cc(-c4cccc(F)c4)cc23)CC1. The zero-order valence-electron chi connectivity index (χ0n) is 15.7. The molecule has 0 unspecified atom stereocenters. The van der Waals surface area contributed by atoms with Crippen LogP contribution in [0.2, 0.25) is 0 Å². The van der Waals surface area contributed by atoms with Crippen LogP contribution in [0.3, 0.4) is 0 Å². The summed E-state index contributed by atoms with van der Waals surface area (Å²) in [7, 11) is 0. The number of primary amides is 1. The fraction of sp³-hybridized carbons (Fsp3) is 0.333. The highest BCUT2D eigenvalue weighted by atomic mass is 32.2. The van der Waals surface area contributed by atoms with Crippen LogP contribution in [0.4, 0.5) is 4.39 Å². The quantitative estimate of drug-likeness (QED) is 0.628. The monoisotopic (exact) mass is 398 g/mol. The van der Waals surface area contributed by atoms with E-state index in [4.69, 9.17) is 5.73 Å². The molecule has 2 heterocycles. The van der Waals surface area contributed by atoms with Crippen molar-refractivity contribution in [2.45, 2.75) is 25.7 Å². The number of rotatable bonds is 5. The number of halogens is 1. The molecule has 1 fully saturated rings. The van der Waals surface area contributed by atoms with Crippen LogP contribution in [-0.4, -0.2) is 39.3 Å². The van der Waals surface area contributed by atoms with Crippen molar-refractivity contribution >= 4 is 28.8 Å². The Bertz CT molecular complexity index is 1010. The van der Waals surface area contributed by atoms with E-state index in [0.29, 0.717) is 22.6 Å². The van der Waals surface area contributed by atoms with Crippen molar-refractivity contribution in [1.82, 2.24) is 14.5 Å². The third-order valence-electron chi connectivity index (χ3n) is 5.29. The fourth-order valence-electron chi connectivity index (χ4n) is 3.93. The number of carbonyl (C=O) groups excluding carboxylic acids is 1. The molecule has 7 heteroatoms. The van der Waals surface area contributed by atoms with Crippen LogP contribution in [0.15, 0.2) is 36.4 Å². The molecule has 1 aromatic heterocycles. The predicted octanol–water partition coefficient (Wildman–Crippen LogP) is 4.32. The third kappa shape index (κ3) is 3.64. The molecule has 0 aliphatic carbocycles. The molecule has 0 saturated carbocycles. The van der Waals surface area contributed by atoms with Crippen LogP contribution in [0.5, 0.6) is 0 Å². The number of fused-ring (bicyclic) bond motifs is 1. The van der Waals surface area contributed by atoms with Crippen molar-refractivity contribution in [2.75, 3.05) is 18.8 Å². The van der Waals surface area contributed by atoms with Gasteiger partial charge in [-0.1, -0.05) is 31.0 Å². The van der Waals surface area contributed by atoms with Gasteiger partial charge in [0.1, 0.15) is 11.3 Å². The topological polar surface area (TPSA) is 75.0 Å². The number of aromatic nitrogens is 2. The summed E-state index contributed by atoms with van der Waals surface area (Å²) >= 11 is 1.87. The molecular weight excluding hydrogens is 375 g/mol. The van der Waals surface area contributed by atoms with Crippen molar-refractivity contribution in [3.05, 3.63) is 53.5 Å². The normalized spacial score (nSPS) is 15.9. The number of benzene rings is 2. The van der Waals surface area contributed by atoms with E-state index >= 15 is 0 Å². The van der Waals surface area contributed by atoms with Gasteiger partial charge < -0.3 is 5.73 Å². The number of piperidine rings is 1. The van der Waals surface area contributed by atoms with Crippen molar-refractivity contribution in [3.63, 3.8) is 0 Å². The Morgan fingerprint density at radius 2 is 2.07 bits per heavy atom. The third-order valence-corrected chi connectivity index (χ3v) is 6.27. The van der Waals surface area contributed by atoms with E-state index < -0.39 is 5.91 Å². The van der Waals surface area contributed by atoms with Gasteiger partial charge in [0, 0.05) is 35.8 Å². The van der Waals surface area contributed by atoms with E-state index in [1.54, 1.807) is 12.1 Å². The molecule has 0 atom stereocenters. The average Bonchev–Trinajstić information content (AvgIpc) is 3.12. The van der Waals surface area contributed by atoms with Crippen molar-refractivity contribution < 1.29 is 9.18 Å². The van der Waals surface area contributed by atoms with Gasteiger partial charge in [-0.2, -0.15) is 5.10 Å². The Kier molecular flexibility index (Phi) is 5.37. The van der Waals surface area contributed by atoms with Crippen LogP contribution in [0, 0.1) is 5.82 Å². The molecule has 2 aromatic carbocycles. The number of nitrogens with two attached hydrogens (primary N) is 1. The molecular formula is C21H23FN4OS. The Morgan fingerprint density at radius 3 is 2.75 bits per heavy atom. The largest absolute Gasteiger partial charge is 0.366 e. The van der Waals surface area contributed by atoms with E-state index in [1.165, 1.54) is 12.1 Å². The molecule has 0 bridgehead atoms. The molecule has 1 saturated heterocycles. The van der Waals surface area contributed by atoms with Gasteiger partial charge in [-0.05, 0) is 48.2 Å². The molecule has 3 N–H and O–H groups in total. The van der Waals surface area contributed by atoms with E-state index in [1.807, 2.05) is 24.1 Å². The number of hydrogen-bond donors (Lipinski definition) is 2. The molecule has 0 radical (unpaired) electrons. The standard InChI is InChI=1S/C21H23FN4OS/c1-2-28-26-8-6-13(7-9-26)19-17-11-15(14-4-3-5-16(22)10-14)12-18(21(23)27)20(17)25-24-19/h3-5,10-13H,2,6-9H2,1H3,(H2,23,27)(H,24,25). The highest BCUT2D eigenvalue weighted by molar-refractivity contribution is 7.96. The van der Waals surface area contributed by atoms with E-state index in [9.17, 15) is 9.18 Å². The maximum absolute atomic E-state index is 13.7. The summed E-state index contributed by atoms with van der Waals surface area (Å²) in [5.74, 6) is 0.584. The Labute approximate surface area is 167 Å². The van der Waals surface area contributed by atoms with Crippen LogP contribution in [-0.2, 0) is 0 Å². The lowest BCUT2D eigenvalue weighted by Crippen LogP contribution is -2.28. The number of aromatic amines is 1. The highest BCUT2D eigenvalue weighted by Gasteiger charge is 2.25. The van der Waals surface area contributed by atoms with Crippen LogP contribution < -0.4 is 5.73 Å². The van der Waals surface area contributed by atoms with E-state index in [2.05, 4.69) is 21.4 Å². The number of nitrogens with zero attached hydrogens (tertiary/aromatic N) is 2. The number of nitrogens with one attached hydrogen (secondary N) is 1. The summed E-state index contributed by atoms with van der Waals surface area (Å²) in [5, 5.41) is 8.46. The molecule has 1 aliphatic rings. The summed E-state index contributed by atoms with van der Waals surface area (Å²) in [6, 6.07) is 10.0. The molecule has 146 valence electrons. The van der Waals surface area contributed by atoms with Gasteiger partial charge in [0.25, 0.3) is 5.91 Å². The minimum Gasteiger partial charge on any atom is -0.366 e.